The maximum absolute atomic E-state index is 5.47. The Balaban J connectivity index is 1.26. The lowest BCUT2D eigenvalue weighted by atomic mass is 9.91. The fourth-order valence-electron chi connectivity index (χ4n) is 7.24. The van der Waals surface area contributed by atoms with Gasteiger partial charge in [-0.25, -0.2) is 9.97 Å². The smallest absolute Gasteiger partial charge is 0.160 e. The third kappa shape index (κ3) is 5.36. The van der Waals surface area contributed by atoms with E-state index in [4.69, 9.17) is 9.97 Å². The molecule has 7 aromatic rings. The molecular weight excluding hydrogens is 595 g/mol. The first-order valence-electron chi connectivity index (χ1n) is 16.8. The monoisotopic (exact) mass is 627 g/mol. The molecule has 0 spiro atoms. The Hall–Kier alpha value is -6.32. The zero-order valence-corrected chi connectivity index (χ0v) is 27.0. The van der Waals surface area contributed by atoms with Crippen LogP contribution in [-0.4, -0.2) is 16.5 Å². The molecule has 1 aliphatic heterocycles. The minimum atomic E-state index is 0.707. The molecule has 232 valence electrons. The summed E-state index contributed by atoms with van der Waals surface area (Å²) in [4.78, 5) is 10.6. The van der Waals surface area contributed by atoms with Crippen LogP contribution in [0.4, 0.5) is 0 Å². The molecule has 3 nitrogen and oxygen atoms in total. The summed E-state index contributed by atoms with van der Waals surface area (Å²) in [6.07, 6.45) is 9.10. The molecule has 0 radical (unpaired) electrons. The van der Waals surface area contributed by atoms with Crippen molar-refractivity contribution in [1.29, 1.82) is 0 Å². The van der Waals surface area contributed by atoms with E-state index in [0.717, 1.165) is 56.6 Å². The van der Waals surface area contributed by atoms with E-state index >= 15 is 0 Å². The summed E-state index contributed by atoms with van der Waals surface area (Å²) in [5, 5.41) is 3.39. The fourth-order valence-corrected chi connectivity index (χ4v) is 7.24. The largest absolute Gasteiger partial charge is 0.387 e. The molecule has 1 N–H and O–H groups in total. The average molecular weight is 628 g/mol. The van der Waals surface area contributed by atoms with Gasteiger partial charge in [0.05, 0.1) is 5.69 Å². The van der Waals surface area contributed by atoms with Gasteiger partial charge in [-0.3, -0.25) is 0 Å². The van der Waals surface area contributed by atoms with Crippen molar-refractivity contribution in [1.82, 2.24) is 15.3 Å². The molecule has 3 heteroatoms. The number of fused-ring (bicyclic) bond motifs is 5. The van der Waals surface area contributed by atoms with Gasteiger partial charge in [0.1, 0.15) is 0 Å². The Morgan fingerprint density at radius 1 is 0.469 bits per heavy atom. The minimum absolute atomic E-state index is 0.707. The first-order chi connectivity index (χ1) is 24.3. The number of rotatable bonds is 5. The van der Waals surface area contributed by atoms with E-state index in [1.165, 1.54) is 33.4 Å². The summed E-state index contributed by atoms with van der Waals surface area (Å²) < 4.78 is 0. The second-order valence-corrected chi connectivity index (χ2v) is 12.6. The third-order valence-electron chi connectivity index (χ3n) is 9.68. The van der Waals surface area contributed by atoms with Crippen molar-refractivity contribution in [2.75, 3.05) is 6.54 Å². The third-order valence-corrected chi connectivity index (χ3v) is 9.68. The van der Waals surface area contributed by atoms with Gasteiger partial charge in [-0.1, -0.05) is 140 Å². The topological polar surface area (TPSA) is 37.8 Å². The molecule has 0 saturated heterocycles. The Kier molecular flexibility index (Phi) is 7.29. The van der Waals surface area contributed by atoms with Crippen molar-refractivity contribution in [3.63, 3.8) is 0 Å². The normalized spacial score (nSPS) is 12.9. The number of benzene rings is 6. The molecule has 9 rings (SSSR count). The molecule has 0 amide bonds. The Labute approximate surface area is 287 Å². The predicted molar refractivity (Wildman–Crippen MR) is 203 cm³/mol. The van der Waals surface area contributed by atoms with Gasteiger partial charge in [0.25, 0.3) is 0 Å². The van der Waals surface area contributed by atoms with E-state index in [0.29, 0.717) is 12.4 Å². The summed E-state index contributed by atoms with van der Waals surface area (Å²) >= 11 is 0. The molecule has 0 atom stereocenters. The summed E-state index contributed by atoms with van der Waals surface area (Å²) in [5.41, 5.74) is 17.5. The quantitative estimate of drug-likeness (QED) is 0.206. The van der Waals surface area contributed by atoms with Crippen LogP contribution >= 0.6 is 0 Å². The van der Waals surface area contributed by atoms with Gasteiger partial charge in [-0.05, 0) is 92.0 Å². The van der Waals surface area contributed by atoms with Crippen LogP contribution in [0, 0.1) is 0 Å². The number of allylic oxidation sites excluding steroid dienone is 2. The van der Waals surface area contributed by atoms with Gasteiger partial charge in [-0.2, -0.15) is 0 Å². The van der Waals surface area contributed by atoms with Crippen LogP contribution < -0.4 is 5.32 Å². The van der Waals surface area contributed by atoms with Crippen LogP contribution in [0.3, 0.4) is 0 Å². The lowest BCUT2D eigenvalue weighted by Crippen LogP contribution is -2.13. The van der Waals surface area contributed by atoms with Crippen molar-refractivity contribution in [3.05, 3.63) is 187 Å². The highest BCUT2D eigenvalue weighted by Crippen LogP contribution is 2.43. The molecule has 1 aromatic heterocycles. The van der Waals surface area contributed by atoms with E-state index < -0.39 is 0 Å². The number of nitrogens with one attached hydrogen (secondary N) is 1. The minimum Gasteiger partial charge on any atom is -0.387 e. The Bertz CT molecular complexity index is 2400. The van der Waals surface area contributed by atoms with Crippen LogP contribution in [0.2, 0.25) is 0 Å². The molecule has 0 unspecified atom stereocenters. The first kappa shape index (κ1) is 28.9. The van der Waals surface area contributed by atoms with Crippen LogP contribution in [0.25, 0.3) is 72.7 Å². The van der Waals surface area contributed by atoms with Crippen molar-refractivity contribution in [2.45, 2.75) is 6.42 Å². The Morgan fingerprint density at radius 3 is 1.90 bits per heavy atom. The van der Waals surface area contributed by atoms with Crippen LogP contribution in [0.5, 0.6) is 0 Å². The van der Waals surface area contributed by atoms with Crippen LogP contribution in [-0.2, 0) is 6.42 Å². The molecule has 6 aromatic carbocycles. The number of aromatic nitrogens is 2. The maximum Gasteiger partial charge on any atom is 0.160 e. The first-order valence-corrected chi connectivity index (χ1v) is 16.8. The highest BCUT2D eigenvalue weighted by molar-refractivity contribution is 5.92. The maximum atomic E-state index is 5.47. The zero-order chi connectivity index (χ0) is 32.6. The summed E-state index contributed by atoms with van der Waals surface area (Å²) in [6.45, 7) is 0.716. The van der Waals surface area contributed by atoms with E-state index in [-0.39, 0.29) is 0 Å². The lowest BCUT2D eigenvalue weighted by molar-refractivity contribution is 0.982. The summed E-state index contributed by atoms with van der Waals surface area (Å²) in [5.74, 6) is 0.707. The molecule has 2 aliphatic rings. The standard InChI is InChI=1S/C46H33N3/c1-3-12-31(13-4-1)33-23-24-39(32-14-5-2-6-15-32)43(27-33)46-48-30-44(37-17-11-25-47-29-37)45(49-46)36-22-21-35-26-34-16-7-8-18-38(34)40-19-9-10-20-41(40)42(35)28-36/h1-25,27-28,30,47H,26,29H2. The SMILES string of the molecule is C1=CNCC(c2cnc(-c3cc(-c4ccccc4)ccc3-c3ccccc3)nc2-c2ccc3c(c2)-c2ccccc2-c2ccccc2C3)=C1. The van der Waals surface area contributed by atoms with Gasteiger partial charge in [0.15, 0.2) is 5.82 Å². The summed E-state index contributed by atoms with van der Waals surface area (Å²) in [7, 11) is 0. The molecule has 2 heterocycles. The second-order valence-electron chi connectivity index (χ2n) is 12.6. The Morgan fingerprint density at radius 2 is 1.12 bits per heavy atom. The molecular formula is C46H33N3. The molecule has 49 heavy (non-hydrogen) atoms. The zero-order valence-electron chi connectivity index (χ0n) is 27.0. The van der Waals surface area contributed by atoms with E-state index in [1.807, 2.05) is 12.4 Å². The van der Waals surface area contributed by atoms with E-state index in [1.54, 1.807) is 0 Å². The lowest BCUT2D eigenvalue weighted by Gasteiger charge is -2.18. The molecule has 0 fully saturated rings. The fraction of sp³-hybridized carbons (Fsp3) is 0.0435. The van der Waals surface area contributed by atoms with Gasteiger partial charge in [0.2, 0.25) is 0 Å². The number of hydrogen-bond donors (Lipinski definition) is 1. The van der Waals surface area contributed by atoms with Gasteiger partial charge < -0.3 is 5.32 Å². The summed E-state index contributed by atoms with van der Waals surface area (Å²) in [6, 6.07) is 52.2. The molecule has 0 saturated carbocycles. The highest BCUT2D eigenvalue weighted by atomic mass is 14.9. The molecule has 1 aliphatic carbocycles. The van der Waals surface area contributed by atoms with E-state index in [2.05, 4.69) is 163 Å². The van der Waals surface area contributed by atoms with Crippen molar-refractivity contribution >= 4 is 5.57 Å². The highest BCUT2D eigenvalue weighted by Gasteiger charge is 2.22. The van der Waals surface area contributed by atoms with Crippen LogP contribution in [0.15, 0.2) is 170 Å². The van der Waals surface area contributed by atoms with Gasteiger partial charge >= 0.3 is 0 Å². The number of dihydropyridines is 1. The number of hydrogen-bond acceptors (Lipinski definition) is 3. The predicted octanol–water partition coefficient (Wildman–Crippen LogP) is 10.9. The van der Waals surface area contributed by atoms with Gasteiger partial charge in [-0.15, -0.1) is 0 Å². The van der Waals surface area contributed by atoms with Crippen molar-refractivity contribution in [3.8, 4) is 67.2 Å². The number of nitrogens with zero attached hydrogens (tertiary/aromatic N) is 2. The second kappa shape index (κ2) is 12.4. The van der Waals surface area contributed by atoms with Gasteiger partial charge in [0, 0.05) is 29.4 Å². The van der Waals surface area contributed by atoms with Crippen LogP contribution in [0.1, 0.15) is 16.7 Å². The average Bonchev–Trinajstić information content (AvgIpc) is 3.33. The van der Waals surface area contributed by atoms with E-state index in [9.17, 15) is 0 Å². The van der Waals surface area contributed by atoms with Crippen molar-refractivity contribution < 1.29 is 0 Å². The van der Waals surface area contributed by atoms with Crippen molar-refractivity contribution in [2.24, 2.45) is 0 Å². The molecule has 0 bridgehead atoms.